The maximum absolute atomic E-state index is 12.8. The van der Waals surface area contributed by atoms with Crippen LogP contribution >= 0.6 is 24.0 Å². The maximum Gasteiger partial charge on any atom is 0.244 e. The van der Waals surface area contributed by atoms with Crippen molar-refractivity contribution in [1.29, 1.82) is 0 Å². The Balaban J connectivity index is 0.00000225. The summed E-state index contributed by atoms with van der Waals surface area (Å²) in [6, 6.07) is 4.88. The molecule has 2 aliphatic rings. The molecule has 1 aromatic carbocycles. The number of rotatable bonds is 6. The Bertz CT molecular complexity index is 672. The van der Waals surface area contributed by atoms with Crippen LogP contribution in [0.3, 0.4) is 0 Å². The fourth-order valence-corrected chi connectivity index (χ4v) is 4.91. The van der Waals surface area contributed by atoms with E-state index >= 15 is 0 Å². The minimum absolute atomic E-state index is 0. The van der Waals surface area contributed by atoms with Gasteiger partial charge in [0.15, 0.2) is 0 Å². The fraction of sp³-hybridized carbons (Fsp3) is 0.647. The molecule has 0 unspecified atom stereocenters. The van der Waals surface area contributed by atoms with E-state index in [0.717, 1.165) is 38.5 Å². The van der Waals surface area contributed by atoms with Gasteiger partial charge < -0.3 is 10.5 Å². The third-order valence-electron chi connectivity index (χ3n) is 4.99. The van der Waals surface area contributed by atoms with Crippen molar-refractivity contribution in [2.75, 3.05) is 6.61 Å². The van der Waals surface area contributed by atoms with Crippen molar-refractivity contribution in [3.05, 3.63) is 23.2 Å². The summed E-state index contributed by atoms with van der Waals surface area (Å²) in [5.41, 5.74) is 5.89. The minimum atomic E-state index is -3.67. The van der Waals surface area contributed by atoms with Crippen molar-refractivity contribution in [2.45, 2.75) is 61.9 Å². The van der Waals surface area contributed by atoms with Crippen molar-refractivity contribution < 1.29 is 13.2 Å². The molecule has 25 heavy (non-hydrogen) atoms. The van der Waals surface area contributed by atoms with Gasteiger partial charge in [-0.1, -0.05) is 18.0 Å². The Kier molecular flexibility index (Phi) is 7.40. The smallest absolute Gasteiger partial charge is 0.244 e. The molecule has 8 heteroatoms. The summed E-state index contributed by atoms with van der Waals surface area (Å²) in [7, 11) is -3.67. The van der Waals surface area contributed by atoms with Gasteiger partial charge in [0.2, 0.25) is 10.0 Å². The van der Waals surface area contributed by atoms with Crippen LogP contribution in [0.1, 0.15) is 44.9 Å². The first kappa shape index (κ1) is 20.8. The molecular formula is C17H26Cl2N2O3S. The predicted octanol–water partition coefficient (Wildman–Crippen LogP) is 3.49. The van der Waals surface area contributed by atoms with Crippen LogP contribution in [0.15, 0.2) is 23.1 Å². The first-order valence-electron chi connectivity index (χ1n) is 8.64. The standard InChI is InChI=1S/C17H25ClN2O3S.ClH/c18-13-4-9-16(23-11-12-2-1-3-12)17(10-13)24(21,22)20-15-7-5-14(19)6-8-15;/h4,9-10,12,14-15,20H,1-3,5-8,11,19H2;1H. The lowest BCUT2D eigenvalue weighted by molar-refractivity contribution is 0.177. The highest BCUT2D eigenvalue weighted by Crippen LogP contribution is 2.31. The number of nitrogens with two attached hydrogens (primary N) is 1. The van der Waals surface area contributed by atoms with Gasteiger partial charge in [-0.2, -0.15) is 0 Å². The van der Waals surface area contributed by atoms with Gasteiger partial charge in [-0.05, 0) is 62.6 Å². The summed E-state index contributed by atoms with van der Waals surface area (Å²) in [5, 5.41) is 0.386. The van der Waals surface area contributed by atoms with E-state index in [1.807, 2.05) is 0 Å². The van der Waals surface area contributed by atoms with Crippen molar-refractivity contribution in [2.24, 2.45) is 11.7 Å². The molecule has 0 aromatic heterocycles. The van der Waals surface area contributed by atoms with Crippen LogP contribution in [0, 0.1) is 5.92 Å². The number of benzene rings is 1. The molecule has 5 nitrogen and oxygen atoms in total. The molecule has 1 aromatic rings. The van der Waals surface area contributed by atoms with Crippen LogP contribution in [-0.4, -0.2) is 27.1 Å². The molecule has 0 amide bonds. The second kappa shape index (κ2) is 8.91. The highest BCUT2D eigenvalue weighted by atomic mass is 35.5. The number of halogens is 2. The third-order valence-corrected chi connectivity index (χ3v) is 6.77. The molecule has 2 aliphatic carbocycles. The van der Waals surface area contributed by atoms with Gasteiger partial charge in [0.25, 0.3) is 0 Å². The summed E-state index contributed by atoms with van der Waals surface area (Å²) < 4.78 is 34.2. The van der Waals surface area contributed by atoms with Crippen molar-refractivity contribution in [3.8, 4) is 5.75 Å². The van der Waals surface area contributed by atoms with Gasteiger partial charge in [-0.3, -0.25) is 0 Å². The Morgan fingerprint density at radius 3 is 2.44 bits per heavy atom. The molecular weight excluding hydrogens is 383 g/mol. The monoisotopic (exact) mass is 408 g/mol. The molecule has 3 N–H and O–H groups in total. The molecule has 2 fully saturated rings. The first-order valence-corrected chi connectivity index (χ1v) is 10.5. The molecule has 3 rings (SSSR count). The largest absolute Gasteiger partial charge is 0.492 e. The Hall–Kier alpha value is -0.530. The van der Waals surface area contributed by atoms with Gasteiger partial charge in [-0.25, -0.2) is 13.1 Å². The molecule has 0 atom stereocenters. The number of ether oxygens (including phenoxy) is 1. The summed E-state index contributed by atoms with van der Waals surface area (Å²) in [6.45, 7) is 0.558. The van der Waals surface area contributed by atoms with Crippen molar-refractivity contribution in [1.82, 2.24) is 4.72 Å². The summed E-state index contributed by atoms with van der Waals surface area (Å²) in [4.78, 5) is 0.129. The normalized spacial score (nSPS) is 24.2. The Morgan fingerprint density at radius 2 is 1.84 bits per heavy atom. The van der Waals surface area contributed by atoms with E-state index in [9.17, 15) is 8.42 Å². The second-order valence-corrected chi connectivity index (χ2v) is 9.05. The molecule has 2 saturated carbocycles. The van der Waals surface area contributed by atoms with Gasteiger partial charge >= 0.3 is 0 Å². The molecule has 0 heterocycles. The average molecular weight is 409 g/mol. The molecule has 0 saturated heterocycles. The van der Waals surface area contributed by atoms with E-state index in [-0.39, 0.29) is 29.4 Å². The molecule has 0 spiro atoms. The summed E-state index contributed by atoms with van der Waals surface area (Å²) in [5.74, 6) is 0.912. The van der Waals surface area contributed by atoms with Gasteiger partial charge in [0, 0.05) is 17.1 Å². The van der Waals surface area contributed by atoms with Crippen LogP contribution in [0.4, 0.5) is 0 Å². The van der Waals surface area contributed by atoms with Crippen LogP contribution in [0.5, 0.6) is 5.75 Å². The van der Waals surface area contributed by atoms with Crippen LogP contribution in [-0.2, 0) is 10.0 Å². The van der Waals surface area contributed by atoms with Gasteiger partial charge in [0.1, 0.15) is 10.6 Å². The van der Waals surface area contributed by atoms with E-state index in [2.05, 4.69) is 4.72 Å². The fourth-order valence-electron chi connectivity index (χ4n) is 3.20. The molecule has 0 bridgehead atoms. The minimum Gasteiger partial charge on any atom is -0.492 e. The summed E-state index contributed by atoms with van der Waals surface area (Å²) >= 11 is 6.02. The number of hydrogen-bond donors (Lipinski definition) is 2. The second-order valence-electron chi connectivity index (χ2n) is 6.93. The predicted molar refractivity (Wildman–Crippen MR) is 102 cm³/mol. The third kappa shape index (κ3) is 5.47. The zero-order chi connectivity index (χ0) is 17.2. The van der Waals surface area contributed by atoms with Gasteiger partial charge in [0.05, 0.1) is 6.61 Å². The Morgan fingerprint density at radius 1 is 1.16 bits per heavy atom. The SMILES string of the molecule is Cl.NC1CCC(NS(=O)(=O)c2cc(Cl)ccc2OCC2CCC2)CC1. The lowest BCUT2D eigenvalue weighted by Crippen LogP contribution is -2.40. The van der Waals surface area contributed by atoms with E-state index in [1.54, 1.807) is 12.1 Å². The molecule has 142 valence electrons. The molecule has 0 aliphatic heterocycles. The molecule has 0 radical (unpaired) electrons. The summed E-state index contributed by atoms with van der Waals surface area (Å²) in [6.07, 6.45) is 6.73. The zero-order valence-electron chi connectivity index (χ0n) is 14.1. The van der Waals surface area contributed by atoms with Crippen LogP contribution in [0.25, 0.3) is 0 Å². The lowest BCUT2D eigenvalue weighted by Gasteiger charge is -2.27. The van der Waals surface area contributed by atoms with E-state index < -0.39 is 10.0 Å². The van der Waals surface area contributed by atoms with Crippen LogP contribution < -0.4 is 15.2 Å². The van der Waals surface area contributed by atoms with Gasteiger partial charge in [-0.15, -0.1) is 12.4 Å². The quantitative estimate of drug-likeness (QED) is 0.754. The van der Waals surface area contributed by atoms with E-state index in [1.165, 1.54) is 12.5 Å². The highest BCUT2D eigenvalue weighted by molar-refractivity contribution is 7.89. The number of nitrogens with one attached hydrogen (secondary N) is 1. The first-order chi connectivity index (χ1) is 11.4. The van der Waals surface area contributed by atoms with Crippen LogP contribution in [0.2, 0.25) is 5.02 Å². The highest BCUT2D eigenvalue weighted by Gasteiger charge is 2.27. The Labute approximate surface area is 161 Å². The van der Waals surface area contributed by atoms with E-state index in [0.29, 0.717) is 23.3 Å². The lowest BCUT2D eigenvalue weighted by atomic mass is 9.86. The van der Waals surface area contributed by atoms with E-state index in [4.69, 9.17) is 22.1 Å². The zero-order valence-corrected chi connectivity index (χ0v) is 16.5. The topological polar surface area (TPSA) is 81.4 Å². The number of sulfonamides is 1. The van der Waals surface area contributed by atoms with Crippen molar-refractivity contribution >= 4 is 34.0 Å². The number of hydrogen-bond acceptors (Lipinski definition) is 4. The van der Waals surface area contributed by atoms with Crippen molar-refractivity contribution in [3.63, 3.8) is 0 Å². The maximum atomic E-state index is 12.8. The average Bonchev–Trinajstić information content (AvgIpc) is 2.49.